The SMILES string of the molecule is CCC(Cl)CCCC(C(=O)O)c1c[nH]c2ccccc12. The fraction of sp³-hybridized carbons (Fsp3) is 0.438. The van der Waals surface area contributed by atoms with E-state index in [1.807, 2.05) is 37.4 Å². The van der Waals surface area contributed by atoms with Crippen LogP contribution in [0.25, 0.3) is 10.9 Å². The van der Waals surface area contributed by atoms with Crippen LogP contribution in [-0.2, 0) is 4.79 Å². The van der Waals surface area contributed by atoms with E-state index in [1.165, 1.54) is 0 Å². The Morgan fingerprint density at radius 3 is 2.80 bits per heavy atom. The number of nitrogens with one attached hydrogen (secondary N) is 1. The number of halogens is 1. The highest BCUT2D eigenvalue weighted by molar-refractivity contribution is 6.20. The summed E-state index contributed by atoms with van der Waals surface area (Å²) in [5, 5.41) is 10.6. The predicted octanol–water partition coefficient (Wildman–Crippen LogP) is 4.52. The van der Waals surface area contributed by atoms with Crippen molar-refractivity contribution in [2.45, 2.75) is 43.9 Å². The van der Waals surface area contributed by atoms with Crippen LogP contribution in [-0.4, -0.2) is 21.4 Å². The molecule has 2 aromatic rings. The zero-order chi connectivity index (χ0) is 14.5. The number of rotatable bonds is 7. The topological polar surface area (TPSA) is 53.1 Å². The van der Waals surface area contributed by atoms with Crippen molar-refractivity contribution in [2.24, 2.45) is 0 Å². The van der Waals surface area contributed by atoms with Crippen molar-refractivity contribution in [3.05, 3.63) is 36.0 Å². The number of carbonyl (C=O) groups is 1. The second-order valence-electron chi connectivity index (χ2n) is 5.12. The Labute approximate surface area is 124 Å². The number of fused-ring (bicyclic) bond motifs is 1. The highest BCUT2D eigenvalue weighted by atomic mass is 35.5. The molecule has 4 heteroatoms. The standard InChI is InChI=1S/C16H20ClNO2/c1-2-11(17)6-5-8-13(16(19)20)14-10-18-15-9-4-3-7-12(14)15/h3-4,7,9-11,13,18H,2,5-6,8H2,1H3,(H,19,20). The summed E-state index contributed by atoms with van der Waals surface area (Å²) in [7, 11) is 0. The molecule has 0 aliphatic heterocycles. The Morgan fingerprint density at radius 2 is 2.10 bits per heavy atom. The number of benzene rings is 1. The number of hydrogen-bond acceptors (Lipinski definition) is 1. The molecule has 0 amide bonds. The maximum absolute atomic E-state index is 11.5. The molecule has 1 aromatic heterocycles. The lowest BCUT2D eigenvalue weighted by Crippen LogP contribution is -2.12. The van der Waals surface area contributed by atoms with E-state index >= 15 is 0 Å². The molecule has 2 unspecified atom stereocenters. The number of para-hydroxylation sites is 1. The largest absolute Gasteiger partial charge is 0.481 e. The second kappa shape index (κ2) is 6.80. The van der Waals surface area contributed by atoms with Crippen molar-refractivity contribution in [2.75, 3.05) is 0 Å². The van der Waals surface area contributed by atoms with Gasteiger partial charge < -0.3 is 10.1 Å². The summed E-state index contributed by atoms with van der Waals surface area (Å²) in [6, 6.07) is 7.80. The molecule has 3 nitrogen and oxygen atoms in total. The van der Waals surface area contributed by atoms with E-state index in [1.54, 1.807) is 0 Å². The average molecular weight is 294 g/mol. The number of H-pyrrole nitrogens is 1. The second-order valence-corrected chi connectivity index (χ2v) is 5.73. The van der Waals surface area contributed by atoms with Gasteiger partial charge in [-0.2, -0.15) is 0 Å². The first-order chi connectivity index (χ1) is 9.63. The van der Waals surface area contributed by atoms with Gasteiger partial charge in [-0.05, 0) is 30.9 Å². The molecule has 0 spiro atoms. The zero-order valence-corrected chi connectivity index (χ0v) is 12.4. The van der Waals surface area contributed by atoms with Gasteiger partial charge in [-0.3, -0.25) is 4.79 Å². The van der Waals surface area contributed by atoms with Crippen LogP contribution in [0.3, 0.4) is 0 Å². The van der Waals surface area contributed by atoms with Crippen LogP contribution >= 0.6 is 11.6 Å². The van der Waals surface area contributed by atoms with Gasteiger partial charge in [0.2, 0.25) is 0 Å². The molecule has 1 aromatic carbocycles. The fourth-order valence-corrected chi connectivity index (χ4v) is 2.70. The lowest BCUT2D eigenvalue weighted by molar-refractivity contribution is -0.139. The Balaban J connectivity index is 2.14. The van der Waals surface area contributed by atoms with Crippen molar-refractivity contribution in [1.82, 2.24) is 4.98 Å². The Kier molecular flexibility index (Phi) is 5.07. The van der Waals surface area contributed by atoms with E-state index in [0.717, 1.165) is 35.7 Å². The lowest BCUT2D eigenvalue weighted by Gasteiger charge is -2.13. The van der Waals surface area contributed by atoms with Crippen molar-refractivity contribution < 1.29 is 9.90 Å². The van der Waals surface area contributed by atoms with E-state index < -0.39 is 11.9 Å². The zero-order valence-electron chi connectivity index (χ0n) is 11.6. The Hall–Kier alpha value is -1.48. The lowest BCUT2D eigenvalue weighted by atomic mass is 9.93. The van der Waals surface area contributed by atoms with Crippen LogP contribution in [0.4, 0.5) is 0 Å². The molecule has 0 aliphatic rings. The van der Waals surface area contributed by atoms with Crippen molar-refractivity contribution in [1.29, 1.82) is 0 Å². The van der Waals surface area contributed by atoms with Gasteiger partial charge in [0, 0.05) is 22.5 Å². The van der Waals surface area contributed by atoms with Gasteiger partial charge in [0.05, 0.1) is 5.92 Å². The summed E-state index contributed by atoms with van der Waals surface area (Å²) in [5.74, 6) is -1.23. The normalized spacial score (nSPS) is 14.3. The van der Waals surface area contributed by atoms with Gasteiger partial charge in [-0.15, -0.1) is 11.6 Å². The molecule has 0 radical (unpaired) electrons. The minimum atomic E-state index is -0.766. The summed E-state index contributed by atoms with van der Waals surface area (Å²) < 4.78 is 0. The smallest absolute Gasteiger partial charge is 0.311 e. The molecule has 108 valence electrons. The van der Waals surface area contributed by atoms with Crippen molar-refractivity contribution in [3.8, 4) is 0 Å². The number of hydrogen-bond donors (Lipinski definition) is 2. The van der Waals surface area contributed by atoms with E-state index in [-0.39, 0.29) is 5.38 Å². The quantitative estimate of drug-likeness (QED) is 0.737. The first-order valence-corrected chi connectivity index (χ1v) is 7.50. The fourth-order valence-electron chi connectivity index (χ4n) is 2.54. The van der Waals surface area contributed by atoms with Crippen LogP contribution < -0.4 is 0 Å². The number of aromatic amines is 1. The highest BCUT2D eigenvalue weighted by Gasteiger charge is 2.22. The van der Waals surface area contributed by atoms with Gasteiger partial charge in [0.1, 0.15) is 0 Å². The van der Waals surface area contributed by atoms with Crippen LogP contribution in [0.2, 0.25) is 0 Å². The molecule has 0 aliphatic carbocycles. The number of aromatic nitrogens is 1. The van der Waals surface area contributed by atoms with Crippen LogP contribution in [0.1, 0.15) is 44.1 Å². The summed E-state index contributed by atoms with van der Waals surface area (Å²) in [4.78, 5) is 14.7. The molecule has 0 saturated heterocycles. The molecule has 1 heterocycles. The van der Waals surface area contributed by atoms with Gasteiger partial charge in [-0.25, -0.2) is 0 Å². The summed E-state index contributed by atoms with van der Waals surface area (Å²) in [6.45, 7) is 2.05. The van der Waals surface area contributed by atoms with E-state index in [4.69, 9.17) is 11.6 Å². The average Bonchev–Trinajstić information content (AvgIpc) is 2.86. The Bertz CT molecular complexity index is 579. The number of carboxylic acids is 1. The monoisotopic (exact) mass is 293 g/mol. The summed E-state index contributed by atoms with van der Waals surface area (Å²) in [5.41, 5.74) is 1.85. The summed E-state index contributed by atoms with van der Waals surface area (Å²) in [6.07, 6.45) is 5.07. The number of carboxylic acid groups (broad SMARTS) is 1. The maximum atomic E-state index is 11.5. The molecule has 0 fully saturated rings. The number of alkyl halides is 1. The molecule has 0 saturated carbocycles. The molecule has 2 N–H and O–H groups in total. The van der Waals surface area contributed by atoms with E-state index in [2.05, 4.69) is 4.98 Å². The summed E-state index contributed by atoms with van der Waals surface area (Å²) >= 11 is 6.09. The predicted molar refractivity (Wildman–Crippen MR) is 82.5 cm³/mol. The van der Waals surface area contributed by atoms with Crippen molar-refractivity contribution >= 4 is 28.5 Å². The molecular formula is C16H20ClNO2. The molecule has 20 heavy (non-hydrogen) atoms. The third-order valence-electron chi connectivity index (χ3n) is 3.75. The molecular weight excluding hydrogens is 274 g/mol. The van der Waals surface area contributed by atoms with E-state index in [0.29, 0.717) is 6.42 Å². The number of aliphatic carboxylic acids is 1. The van der Waals surface area contributed by atoms with Gasteiger partial charge in [0.25, 0.3) is 0 Å². The van der Waals surface area contributed by atoms with Crippen LogP contribution in [0.15, 0.2) is 30.5 Å². The van der Waals surface area contributed by atoms with E-state index in [9.17, 15) is 9.90 Å². The molecule has 0 bridgehead atoms. The third kappa shape index (κ3) is 3.34. The maximum Gasteiger partial charge on any atom is 0.311 e. The van der Waals surface area contributed by atoms with Gasteiger partial charge >= 0.3 is 5.97 Å². The molecule has 2 atom stereocenters. The molecule has 2 rings (SSSR count). The van der Waals surface area contributed by atoms with Crippen LogP contribution in [0, 0.1) is 0 Å². The van der Waals surface area contributed by atoms with Crippen LogP contribution in [0.5, 0.6) is 0 Å². The van der Waals surface area contributed by atoms with Crippen molar-refractivity contribution in [3.63, 3.8) is 0 Å². The Morgan fingerprint density at radius 1 is 1.35 bits per heavy atom. The minimum absolute atomic E-state index is 0.146. The minimum Gasteiger partial charge on any atom is -0.481 e. The first-order valence-electron chi connectivity index (χ1n) is 7.06. The highest BCUT2D eigenvalue weighted by Crippen LogP contribution is 2.30. The van der Waals surface area contributed by atoms with Gasteiger partial charge in [-0.1, -0.05) is 31.5 Å². The first kappa shape index (κ1) is 14.9. The van der Waals surface area contributed by atoms with Gasteiger partial charge in [0.15, 0.2) is 0 Å². The third-order valence-corrected chi connectivity index (χ3v) is 4.27.